The number of aromatic nitrogens is 1. The van der Waals surface area contributed by atoms with E-state index in [0.29, 0.717) is 28.8 Å². The monoisotopic (exact) mass is 516 g/mol. The van der Waals surface area contributed by atoms with Gasteiger partial charge in [-0.2, -0.15) is 5.26 Å². The molecule has 0 spiro atoms. The van der Waals surface area contributed by atoms with Gasteiger partial charge in [0.15, 0.2) is 6.19 Å². The van der Waals surface area contributed by atoms with Gasteiger partial charge >= 0.3 is 0 Å². The SMILES string of the molecule is CN=C(NC#N)NC1CCC(CNC(=O)c2cccnc2Oc2ccc(Cl)cc2)(c2ccccc2)CC1. The molecule has 37 heavy (non-hydrogen) atoms. The molecule has 0 bridgehead atoms. The molecule has 0 unspecified atom stereocenters. The summed E-state index contributed by atoms with van der Waals surface area (Å²) in [6, 6.07) is 20.8. The fraction of sp³-hybridized carbons (Fsp3) is 0.286. The van der Waals surface area contributed by atoms with Gasteiger partial charge in [0.25, 0.3) is 5.91 Å². The molecule has 1 aliphatic rings. The molecule has 0 radical (unpaired) electrons. The number of hydrogen-bond acceptors (Lipinski definition) is 5. The van der Waals surface area contributed by atoms with Crippen molar-refractivity contribution < 1.29 is 9.53 Å². The molecule has 1 aliphatic carbocycles. The zero-order valence-corrected chi connectivity index (χ0v) is 21.3. The van der Waals surface area contributed by atoms with Crippen LogP contribution in [0.2, 0.25) is 5.02 Å². The smallest absolute Gasteiger partial charge is 0.256 e. The molecular formula is C28H29ClN6O2. The van der Waals surface area contributed by atoms with Gasteiger partial charge in [0.05, 0.1) is 0 Å². The van der Waals surface area contributed by atoms with Gasteiger partial charge in [-0.05, 0) is 67.6 Å². The molecule has 2 aromatic carbocycles. The Morgan fingerprint density at radius 2 is 1.86 bits per heavy atom. The van der Waals surface area contributed by atoms with Crippen molar-refractivity contribution in [3.63, 3.8) is 0 Å². The second kappa shape index (κ2) is 12.2. The molecule has 8 nitrogen and oxygen atoms in total. The van der Waals surface area contributed by atoms with E-state index in [0.717, 1.165) is 25.7 Å². The van der Waals surface area contributed by atoms with Crippen LogP contribution in [0.25, 0.3) is 0 Å². The number of carbonyl (C=O) groups excluding carboxylic acids is 1. The number of nitriles is 1. The van der Waals surface area contributed by atoms with Gasteiger partial charge in [-0.25, -0.2) is 4.98 Å². The van der Waals surface area contributed by atoms with Gasteiger partial charge in [-0.1, -0.05) is 41.9 Å². The Balaban J connectivity index is 1.48. The fourth-order valence-electron chi connectivity index (χ4n) is 4.68. The first-order valence-electron chi connectivity index (χ1n) is 12.1. The lowest BCUT2D eigenvalue weighted by molar-refractivity contribution is 0.0932. The number of guanidine groups is 1. The standard InChI is InChI=1S/C28H29ClN6O2/c1-31-27(34-19-30)35-22-13-15-28(16-14-22,20-6-3-2-4-7-20)18-33-25(36)24-8-5-17-32-26(24)37-23-11-9-21(29)10-12-23/h2-12,17,22H,13-16,18H2,1H3,(H,33,36)(H2,31,34,35). The van der Waals surface area contributed by atoms with E-state index < -0.39 is 0 Å². The highest BCUT2D eigenvalue weighted by atomic mass is 35.5. The van der Waals surface area contributed by atoms with Crippen molar-refractivity contribution in [3.8, 4) is 17.8 Å². The molecule has 3 aromatic rings. The highest BCUT2D eigenvalue weighted by molar-refractivity contribution is 6.30. The normalized spacial score (nSPS) is 19.4. The maximum Gasteiger partial charge on any atom is 0.256 e. The molecule has 1 amide bonds. The lowest BCUT2D eigenvalue weighted by Gasteiger charge is -2.41. The van der Waals surface area contributed by atoms with Gasteiger partial charge in [0.2, 0.25) is 11.8 Å². The zero-order chi connectivity index (χ0) is 26.1. The molecule has 0 aliphatic heterocycles. The predicted octanol–water partition coefficient (Wildman–Crippen LogP) is 4.78. The average Bonchev–Trinajstić information content (AvgIpc) is 2.94. The van der Waals surface area contributed by atoms with Gasteiger partial charge in [0.1, 0.15) is 11.3 Å². The molecule has 190 valence electrons. The van der Waals surface area contributed by atoms with E-state index in [1.165, 1.54) is 5.56 Å². The summed E-state index contributed by atoms with van der Waals surface area (Å²) >= 11 is 5.97. The lowest BCUT2D eigenvalue weighted by Crippen LogP contribution is -2.49. The second-order valence-electron chi connectivity index (χ2n) is 8.97. The van der Waals surface area contributed by atoms with Crippen LogP contribution < -0.4 is 20.7 Å². The maximum atomic E-state index is 13.3. The minimum atomic E-state index is -0.244. The van der Waals surface area contributed by atoms with E-state index >= 15 is 0 Å². The Hall–Kier alpha value is -4.09. The van der Waals surface area contributed by atoms with E-state index in [4.69, 9.17) is 21.6 Å². The van der Waals surface area contributed by atoms with E-state index in [2.05, 4.69) is 38.1 Å². The Labute approximate surface area is 221 Å². The molecule has 0 saturated heterocycles. The van der Waals surface area contributed by atoms with Crippen molar-refractivity contribution in [3.05, 3.63) is 89.1 Å². The number of nitrogens with one attached hydrogen (secondary N) is 3. The van der Waals surface area contributed by atoms with E-state index in [-0.39, 0.29) is 23.2 Å². The van der Waals surface area contributed by atoms with E-state index in [9.17, 15) is 4.79 Å². The third-order valence-corrected chi connectivity index (χ3v) is 6.95. The minimum Gasteiger partial charge on any atom is -0.438 e. The molecule has 9 heteroatoms. The third kappa shape index (κ3) is 6.57. The summed E-state index contributed by atoms with van der Waals surface area (Å²) in [5.74, 6) is 1.01. The summed E-state index contributed by atoms with van der Waals surface area (Å²) < 4.78 is 5.89. The van der Waals surface area contributed by atoms with Gasteiger partial charge in [-0.3, -0.25) is 15.1 Å². The molecule has 1 heterocycles. The summed E-state index contributed by atoms with van der Waals surface area (Å²) in [4.78, 5) is 21.7. The largest absolute Gasteiger partial charge is 0.438 e. The Morgan fingerprint density at radius 1 is 1.14 bits per heavy atom. The van der Waals surface area contributed by atoms with Crippen molar-refractivity contribution >= 4 is 23.5 Å². The van der Waals surface area contributed by atoms with Crippen molar-refractivity contribution in [2.45, 2.75) is 37.1 Å². The Bertz CT molecular complexity index is 1270. The molecule has 0 atom stereocenters. The third-order valence-electron chi connectivity index (χ3n) is 6.70. The molecule has 4 rings (SSSR count). The zero-order valence-electron chi connectivity index (χ0n) is 20.6. The summed E-state index contributed by atoms with van der Waals surface area (Å²) in [6.45, 7) is 0.475. The van der Waals surface area contributed by atoms with Crippen molar-refractivity contribution in [2.75, 3.05) is 13.6 Å². The van der Waals surface area contributed by atoms with Crippen LogP contribution in [-0.4, -0.2) is 36.5 Å². The number of pyridine rings is 1. The van der Waals surface area contributed by atoms with Crippen LogP contribution in [0.4, 0.5) is 0 Å². The van der Waals surface area contributed by atoms with Crippen LogP contribution in [0.3, 0.4) is 0 Å². The highest BCUT2D eigenvalue weighted by Crippen LogP contribution is 2.39. The number of amides is 1. The van der Waals surface area contributed by atoms with Crippen LogP contribution in [0.1, 0.15) is 41.6 Å². The second-order valence-corrected chi connectivity index (χ2v) is 9.41. The fourth-order valence-corrected chi connectivity index (χ4v) is 4.81. The minimum absolute atomic E-state index is 0.185. The molecule has 3 N–H and O–H groups in total. The lowest BCUT2D eigenvalue weighted by atomic mass is 9.68. The van der Waals surface area contributed by atoms with E-state index in [1.807, 2.05) is 24.4 Å². The first-order valence-corrected chi connectivity index (χ1v) is 12.5. The van der Waals surface area contributed by atoms with Crippen LogP contribution in [0, 0.1) is 11.5 Å². The van der Waals surface area contributed by atoms with Crippen molar-refractivity contribution in [1.82, 2.24) is 20.9 Å². The quantitative estimate of drug-likeness (QED) is 0.180. The predicted molar refractivity (Wildman–Crippen MR) is 144 cm³/mol. The van der Waals surface area contributed by atoms with Crippen molar-refractivity contribution in [2.24, 2.45) is 4.99 Å². The number of hydrogen-bond donors (Lipinski definition) is 3. The number of nitrogens with zero attached hydrogens (tertiary/aromatic N) is 3. The van der Waals surface area contributed by atoms with Crippen LogP contribution in [0.15, 0.2) is 77.9 Å². The first-order chi connectivity index (χ1) is 18.0. The summed E-state index contributed by atoms with van der Waals surface area (Å²) in [7, 11) is 1.64. The maximum absolute atomic E-state index is 13.3. The first kappa shape index (κ1) is 26.0. The molecule has 1 aromatic heterocycles. The average molecular weight is 517 g/mol. The molecule has 1 fully saturated rings. The number of halogens is 1. The number of benzene rings is 2. The van der Waals surface area contributed by atoms with Crippen LogP contribution >= 0.6 is 11.6 Å². The number of carbonyl (C=O) groups is 1. The molecular weight excluding hydrogens is 488 g/mol. The Kier molecular flexibility index (Phi) is 8.60. The highest BCUT2D eigenvalue weighted by Gasteiger charge is 2.37. The summed E-state index contributed by atoms with van der Waals surface area (Å²) in [6.07, 6.45) is 6.96. The van der Waals surface area contributed by atoms with Gasteiger partial charge < -0.3 is 15.4 Å². The van der Waals surface area contributed by atoms with Gasteiger partial charge in [-0.15, -0.1) is 0 Å². The van der Waals surface area contributed by atoms with Crippen LogP contribution in [0.5, 0.6) is 11.6 Å². The topological polar surface area (TPSA) is 111 Å². The number of ether oxygens (including phenoxy) is 1. The Morgan fingerprint density at radius 3 is 2.54 bits per heavy atom. The number of rotatable bonds is 7. The van der Waals surface area contributed by atoms with Crippen LogP contribution in [-0.2, 0) is 5.41 Å². The molecule has 1 saturated carbocycles. The summed E-state index contributed by atoms with van der Waals surface area (Å²) in [5.41, 5.74) is 1.33. The van der Waals surface area contributed by atoms with Gasteiger partial charge in [0, 0.05) is 36.3 Å². The number of aliphatic imine (C=N–C) groups is 1. The van der Waals surface area contributed by atoms with Crippen molar-refractivity contribution in [1.29, 1.82) is 5.26 Å². The summed E-state index contributed by atoms with van der Waals surface area (Å²) in [5, 5.41) is 18.6. The van der Waals surface area contributed by atoms with E-state index in [1.54, 1.807) is 49.6 Å².